The number of aromatic hydroxyl groups is 1. The summed E-state index contributed by atoms with van der Waals surface area (Å²) in [5, 5.41) is 13.0. The molecule has 0 amide bonds. The highest BCUT2D eigenvalue weighted by Gasteiger charge is 2.28. The number of nitrogens with one attached hydrogen (secondary N) is 2. The molecule has 0 atom stereocenters. The molecule has 0 aliphatic heterocycles. The van der Waals surface area contributed by atoms with Gasteiger partial charge in [0, 0.05) is 39.1 Å². The highest BCUT2D eigenvalue weighted by Crippen LogP contribution is 2.46. The molecule has 2 aromatic heterocycles. The lowest BCUT2D eigenvalue weighted by molar-refractivity contribution is 0.317. The maximum absolute atomic E-state index is 10.6. The van der Waals surface area contributed by atoms with Crippen LogP contribution in [0.2, 0.25) is 0 Å². The Morgan fingerprint density at radius 1 is 0.875 bits per heavy atom. The molecule has 0 saturated heterocycles. The summed E-state index contributed by atoms with van der Waals surface area (Å²) in [5.74, 6) is 0.552. The number of benzene rings is 3. The minimum Gasteiger partial charge on any atom is -0.503 e. The summed E-state index contributed by atoms with van der Waals surface area (Å²) in [7, 11) is 0. The Morgan fingerprint density at radius 3 is 1.94 bits per heavy atom. The first-order valence-corrected chi connectivity index (χ1v) is 11.6. The highest BCUT2D eigenvalue weighted by molar-refractivity contribution is 9.10. The molecule has 5 rings (SSSR count). The molecule has 0 radical (unpaired) electrons. The van der Waals surface area contributed by atoms with Crippen LogP contribution in [-0.2, 0) is 0 Å². The van der Waals surface area contributed by atoms with Crippen LogP contribution >= 0.6 is 15.9 Å². The largest absolute Gasteiger partial charge is 0.503 e. The van der Waals surface area contributed by atoms with E-state index in [4.69, 9.17) is 4.74 Å². The molecule has 5 aromatic rings. The Morgan fingerprint density at radius 2 is 1.41 bits per heavy atom. The fraction of sp³-hybridized carbons (Fsp3) is 0.185. The predicted molar refractivity (Wildman–Crippen MR) is 134 cm³/mol. The van der Waals surface area contributed by atoms with Crippen LogP contribution in [-0.4, -0.2) is 21.7 Å². The van der Waals surface area contributed by atoms with Crippen molar-refractivity contribution >= 4 is 37.7 Å². The van der Waals surface area contributed by atoms with Gasteiger partial charge in [-0.25, -0.2) is 0 Å². The molecule has 3 aromatic carbocycles. The van der Waals surface area contributed by atoms with Crippen LogP contribution in [0.5, 0.6) is 11.5 Å². The van der Waals surface area contributed by atoms with Gasteiger partial charge < -0.3 is 19.8 Å². The number of rotatable bonds is 5. The number of H-pyrrole nitrogens is 2. The van der Waals surface area contributed by atoms with E-state index in [1.807, 2.05) is 19.1 Å². The van der Waals surface area contributed by atoms with E-state index in [-0.39, 0.29) is 11.7 Å². The summed E-state index contributed by atoms with van der Waals surface area (Å²) >= 11 is 3.55. The van der Waals surface area contributed by atoms with E-state index in [0.717, 1.165) is 28.0 Å². The monoisotopic (exact) mass is 488 g/mol. The standard InChI is InChI=1S/C27H25BrN2O2/c1-4-32-23-14-17(13-20(28)27(23)31)26(24-15(2)29-21-11-7-5-9-18(21)24)25-16(3)30-22-12-8-6-10-19(22)25/h5-14,26,29-31H,4H2,1-3H3. The molecule has 4 nitrogen and oxygen atoms in total. The van der Waals surface area contributed by atoms with E-state index in [1.165, 1.54) is 21.9 Å². The van der Waals surface area contributed by atoms with Gasteiger partial charge in [0.15, 0.2) is 11.5 Å². The number of aromatic nitrogens is 2. The fourth-order valence-corrected chi connectivity index (χ4v) is 5.30. The number of para-hydroxylation sites is 2. The molecule has 0 fully saturated rings. The number of fused-ring (bicyclic) bond motifs is 2. The molecule has 162 valence electrons. The highest BCUT2D eigenvalue weighted by atomic mass is 79.9. The van der Waals surface area contributed by atoms with Crippen molar-refractivity contribution in [3.8, 4) is 11.5 Å². The third-order valence-corrected chi connectivity index (χ3v) is 6.75. The van der Waals surface area contributed by atoms with Gasteiger partial charge >= 0.3 is 0 Å². The molecule has 0 bridgehead atoms. The molecule has 0 saturated carbocycles. The summed E-state index contributed by atoms with van der Waals surface area (Å²) < 4.78 is 6.41. The number of aryl methyl sites for hydroxylation is 2. The Hall–Kier alpha value is -3.18. The number of halogens is 1. The van der Waals surface area contributed by atoms with Gasteiger partial charge in [0.1, 0.15) is 0 Å². The van der Waals surface area contributed by atoms with Crippen molar-refractivity contribution in [3.63, 3.8) is 0 Å². The molecule has 0 aliphatic carbocycles. The van der Waals surface area contributed by atoms with E-state index in [0.29, 0.717) is 16.8 Å². The van der Waals surface area contributed by atoms with E-state index >= 15 is 0 Å². The lowest BCUT2D eigenvalue weighted by Crippen LogP contribution is -2.07. The first kappa shape index (κ1) is 20.7. The molecule has 0 unspecified atom stereocenters. The molecule has 32 heavy (non-hydrogen) atoms. The lowest BCUT2D eigenvalue weighted by Gasteiger charge is -2.22. The molecule has 0 spiro atoms. The third kappa shape index (κ3) is 3.28. The summed E-state index contributed by atoms with van der Waals surface area (Å²) in [5.41, 5.74) is 8.00. The zero-order chi connectivity index (χ0) is 22.4. The summed E-state index contributed by atoms with van der Waals surface area (Å²) in [6.07, 6.45) is 0. The maximum atomic E-state index is 10.6. The third-order valence-electron chi connectivity index (χ3n) is 6.15. The summed E-state index contributed by atoms with van der Waals surface area (Å²) in [6, 6.07) is 20.8. The quantitative estimate of drug-likeness (QED) is 0.242. The second kappa shape index (κ2) is 8.06. The van der Waals surface area contributed by atoms with Gasteiger partial charge in [-0.15, -0.1) is 0 Å². The van der Waals surface area contributed by atoms with Crippen LogP contribution in [0.3, 0.4) is 0 Å². The SMILES string of the molecule is CCOc1cc(C(c2c(C)[nH]c3ccccc23)c2c(C)[nH]c3ccccc23)cc(Br)c1O. The van der Waals surface area contributed by atoms with Gasteiger partial charge in [0.2, 0.25) is 0 Å². The van der Waals surface area contributed by atoms with Crippen LogP contribution < -0.4 is 4.74 Å². The zero-order valence-electron chi connectivity index (χ0n) is 18.3. The van der Waals surface area contributed by atoms with Crippen LogP contribution in [0, 0.1) is 13.8 Å². The van der Waals surface area contributed by atoms with Crippen molar-refractivity contribution in [3.05, 3.63) is 93.2 Å². The van der Waals surface area contributed by atoms with Gasteiger partial charge in [-0.2, -0.15) is 0 Å². The van der Waals surface area contributed by atoms with Gasteiger partial charge in [-0.1, -0.05) is 36.4 Å². The molecular formula is C27H25BrN2O2. The van der Waals surface area contributed by atoms with Crippen molar-refractivity contribution in [2.24, 2.45) is 0 Å². The zero-order valence-corrected chi connectivity index (χ0v) is 19.9. The normalized spacial score (nSPS) is 11.7. The number of phenols is 1. The number of hydrogen-bond donors (Lipinski definition) is 3. The van der Waals surface area contributed by atoms with Gasteiger partial charge in [-0.05, 0) is 77.7 Å². The van der Waals surface area contributed by atoms with Crippen LogP contribution in [0.15, 0.2) is 65.1 Å². The average molecular weight is 489 g/mol. The first-order valence-electron chi connectivity index (χ1n) is 10.8. The van der Waals surface area contributed by atoms with Crippen LogP contribution in [0.25, 0.3) is 21.8 Å². The van der Waals surface area contributed by atoms with Crippen molar-refractivity contribution in [1.29, 1.82) is 0 Å². The van der Waals surface area contributed by atoms with E-state index in [1.54, 1.807) is 0 Å². The van der Waals surface area contributed by atoms with E-state index < -0.39 is 0 Å². The summed E-state index contributed by atoms with van der Waals surface area (Å²) in [4.78, 5) is 7.14. The van der Waals surface area contributed by atoms with Crippen LogP contribution in [0.1, 0.15) is 40.9 Å². The van der Waals surface area contributed by atoms with Gasteiger partial charge in [-0.3, -0.25) is 0 Å². The Bertz CT molecular complexity index is 1370. The van der Waals surface area contributed by atoms with E-state index in [2.05, 4.69) is 88.3 Å². The van der Waals surface area contributed by atoms with E-state index in [9.17, 15) is 5.11 Å². The number of hydrogen-bond acceptors (Lipinski definition) is 2. The Kier molecular flexibility index (Phi) is 5.22. The number of phenolic OH excluding ortho intramolecular Hbond substituents is 1. The van der Waals surface area contributed by atoms with Gasteiger partial charge in [0.25, 0.3) is 0 Å². The smallest absolute Gasteiger partial charge is 0.172 e. The lowest BCUT2D eigenvalue weighted by atomic mass is 9.82. The minimum atomic E-state index is -0.0570. The van der Waals surface area contributed by atoms with Gasteiger partial charge in [0.05, 0.1) is 11.1 Å². The second-order valence-electron chi connectivity index (χ2n) is 8.13. The van der Waals surface area contributed by atoms with Crippen molar-refractivity contribution < 1.29 is 9.84 Å². The van der Waals surface area contributed by atoms with Crippen molar-refractivity contribution in [1.82, 2.24) is 9.97 Å². The molecule has 0 aliphatic rings. The fourth-order valence-electron chi connectivity index (χ4n) is 4.84. The average Bonchev–Trinajstić information content (AvgIpc) is 3.28. The minimum absolute atomic E-state index is 0.0570. The van der Waals surface area contributed by atoms with Crippen LogP contribution in [0.4, 0.5) is 0 Å². The van der Waals surface area contributed by atoms with Crippen molar-refractivity contribution in [2.75, 3.05) is 6.61 Å². The predicted octanol–water partition coefficient (Wildman–Crippen LogP) is 7.31. The number of ether oxygens (including phenoxy) is 1. The first-order chi connectivity index (χ1) is 15.5. The second-order valence-corrected chi connectivity index (χ2v) is 8.99. The number of aromatic amines is 2. The molecule has 2 heterocycles. The summed E-state index contributed by atoms with van der Waals surface area (Å²) in [6.45, 7) is 6.66. The Balaban J connectivity index is 1.87. The Labute approximate surface area is 195 Å². The molecular weight excluding hydrogens is 464 g/mol. The topological polar surface area (TPSA) is 61.0 Å². The molecule has 3 N–H and O–H groups in total. The molecule has 5 heteroatoms. The van der Waals surface area contributed by atoms with Crippen molar-refractivity contribution in [2.45, 2.75) is 26.7 Å². The maximum Gasteiger partial charge on any atom is 0.172 e.